The van der Waals surface area contributed by atoms with Crippen molar-refractivity contribution in [2.45, 2.75) is 43.9 Å². The van der Waals surface area contributed by atoms with Gasteiger partial charge in [-0.25, -0.2) is 0 Å². The van der Waals surface area contributed by atoms with Gasteiger partial charge in [-0.05, 0) is 66.3 Å². The summed E-state index contributed by atoms with van der Waals surface area (Å²) >= 11 is 0. The summed E-state index contributed by atoms with van der Waals surface area (Å²) in [5, 5.41) is 0. The van der Waals surface area contributed by atoms with E-state index in [1.807, 2.05) is 0 Å². The molecule has 0 saturated heterocycles. The van der Waals surface area contributed by atoms with Crippen molar-refractivity contribution < 1.29 is 0 Å². The Balaban J connectivity index is 1.69. The molecule has 0 spiro atoms. The Morgan fingerprint density at radius 2 is 1.76 bits per heavy atom. The third-order valence-electron chi connectivity index (χ3n) is 5.56. The fourth-order valence-corrected chi connectivity index (χ4v) is 4.36. The van der Waals surface area contributed by atoms with E-state index in [0.29, 0.717) is 0 Å². The molecule has 0 radical (unpaired) electrons. The summed E-state index contributed by atoms with van der Waals surface area (Å²) < 4.78 is 0. The Labute approximate surface area is 127 Å². The van der Waals surface area contributed by atoms with Crippen LogP contribution in [-0.4, -0.2) is 6.54 Å². The summed E-state index contributed by atoms with van der Waals surface area (Å²) in [5.41, 5.74) is 14.0. The van der Waals surface area contributed by atoms with E-state index in [2.05, 4.69) is 42.5 Å². The second-order valence-electron chi connectivity index (χ2n) is 6.77. The number of hydrogen-bond donors (Lipinski definition) is 1. The van der Waals surface area contributed by atoms with Crippen molar-refractivity contribution in [1.82, 2.24) is 0 Å². The van der Waals surface area contributed by atoms with Crippen LogP contribution in [-0.2, 0) is 31.1 Å². The van der Waals surface area contributed by atoms with E-state index < -0.39 is 0 Å². The van der Waals surface area contributed by atoms with Gasteiger partial charge in [-0.15, -0.1) is 0 Å². The number of hydrogen-bond acceptors (Lipinski definition) is 1. The van der Waals surface area contributed by atoms with Crippen LogP contribution < -0.4 is 5.73 Å². The third-order valence-corrected chi connectivity index (χ3v) is 5.56. The van der Waals surface area contributed by atoms with Gasteiger partial charge in [0.05, 0.1) is 0 Å². The predicted octanol–water partition coefficient (Wildman–Crippen LogP) is 3.56. The summed E-state index contributed by atoms with van der Waals surface area (Å²) in [6.45, 7) is 0.751. The molecule has 0 saturated carbocycles. The summed E-state index contributed by atoms with van der Waals surface area (Å²) in [7, 11) is 0. The van der Waals surface area contributed by atoms with Crippen LogP contribution in [0.4, 0.5) is 0 Å². The first kappa shape index (κ1) is 13.1. The van der Waals surface area contributed by atoms with E-state index >= 15 is 0 Å². The fourth-order valence-electron chi connectivity index (χ4n) is 4.36. The largest absolute Gasteiger partial charge is 0.330 e. The quantitative estimate of drug-likeness (QED) is 0.912. The zero-order valence-electron chi connectivity index (χ0n) is 12.6. The van der Waals surface area contributed by atoms with Gasteiger partial charge >= 0.3 is 0 Å². The van der Waals surface area contributed by atoms with E-state index in [1.54, 1.807) is 11.1 Å². The first-order valence-corrected chi connectivity index (χ1v) is 8.20. The minimum atomic E-state index is 0.156. The molecule has 2 aliphatic carbocycles. The number of aryl methyl sites for hydroxylation is 3. The van der Waals surface area contributed by atoms with E-state index in [0.717, 1.165) is 13.0 Å². The molecule has 2 aliphatic rings. The summed E-state index contributed by atoms with van der Waals surface area (Å²) in [5.74, 6) is 0. The normalized spacial score (nSPS) is 23.1. The molecule has 0 fully saturated rings. The molecule has 0 heterocycles. The van der Waals surface area contributed by atoms with Crippen molar-refractivity contribution in [2.75, 3.05) is 6.54 Å². The summed E-state index contributed by atoms with van der Waals surface area (Å²) in [4.78, 5) is 0. The standard InChI is InChI=1S/C20H23N/c21-14-20(11-10-17-4-1-2-7-19(17)20)13-15-8-9-16-5-3-6-18(16)12-15/h1-2,4,7-9,12H,3,5-6,10-11,13-14,21H2. The highest BCUT2D eigenvalue weighted by Gasteiger charge is 2.37. The molecular formula is C20H23N. The molecule has 1 atom stereocenters. The molecule has 0 aliphatic heterocycles. The van der Waals surface area contributed by atoms with Crippen LogP contribution in [0.5, 0.6) is 0 Å². The van der Waals surface area contributed by atoms with E-state index in [4.69, 9.17) is 5.73 Å². The Bertz CT molecular complexity index is 673. The zero-order valence-corrected chi connectivity index (χ0v) is 12.6. The first-order valence-electron chi connectivity index (χ1n) is 8.20. The molecule has 1 unspecified atom stereocenters. The maximum Gasteiger partial charge on any atom is 0.0122 e. The highest BCUT2D eigenvalue weighted by Crippen LogP contribution is 2.41. The third kappa shape index (κ3) is 2.11. The van der Waals surface area contributed by atoms with Crippen molar-refractivity contribution in [3.05, 3.63) is 70.3 Å². The molecular weight excluding hydrogens is 254 g/mol. The van der Waals surface area contributed by atoms with Crippen LogP contribution in [0.1, 0.15) is 40.7 Å². The lowest BCUT2D eigenvalue weighted by atomic mass is 9.76. The topological polar surface area (TPSA) is 26.0 Å². The minimum Gasteiger partial charge on any atom is -0.330 e. The van der Waals surface area contributed by atoms with Crippen molar-refractivity contribution in [3.63, 3.8) is 0 Å². The van der Waals surface area contributed by atoms with Crippen molar-refractivity contribution in [2.24, 2.45) is 5.73 Å². The second kappa shape index (κ2) is 4.99. The van der Waals surface area contributed by atoms with E-state index in [-0.39, 0.29) is 5.41 Å². The monoisotopic (exact) mass is 277 g/mol. The van der Waals surface area contributed by atoms with Gasteiger partial charge in [0.15, 0.2) is 0 Å². The van der Waals surface area contributed by atoms with Gasteiger partial charge in [-0.3, -0.25) is 0 Å². The molecule has 1 heteroatoms. The van der Waals surface area contributed by atoms with Crippen LogP contribution in [0.3, 0.4) is 0 Å². The van der Waals surface area contributed by atoms with Gasteiger partial charge in [0.2, 0.25) is 0 Å². The van der Waals surface area contributed by atoms with Gasteiger partial charge in [0, 0.05) is 12.0 Å². The first-order chi connectivity index (χ1) is 10.3. The SMILES string of the molecule is NCC1(Cc2ccc3c(c2)CCC3)CCc2ccccc21. The smallest absolute Gasteiger partial charge is 0.0122 e. The van der Waals surface area contributed by atoms with Gasteiger partial charge in [-0.2, -0.15) is 0 Å². The predicted molar refractivity (Wildman–Crippen MR) is 87.7 cm³/mol. The lowest BCUT2D eigenvalue weighted by molar-refractivity contribution is 0.431. The van der Waals surface area contributed by atoms with Crippen molar-refractivity contribution in [3.8, 4) is 0 Å². The second-order valence-corrected chi connectivity index (χ2v) is 6.77. The average Bonchev–Trinajstić information content (AvgIpc) is 3.13. The molecule has 2 N–H and O–H groups in total. The fraction of sp³-hybridized carbons (Fsp3) is 0.400. The molecule has 0 bridgehead atoms. The number of benzene rings is 2. The Morgan fingerprint density at radius 3 is 2.67 bits per heavy atom. The lowest BCUT2D eigenvalue weighted by Crippen LogP contribution is -2.35. The van der Waals surface area contributed by atoms with Crippen molar-refractivity contribution >= 4 is 0 Å². The number of rotatable bonds is 3. The summed E-state index contributed by atoms with van der Waals surface area (Å²) in [6.07, 6.45) is 7.31. The molecule has 2 aromatic carbocycles. The molecule has 108 valence electrons. The van der Waals surface area contributed by atoms with Crippen LogP contribution in [0, 0.1) is 0 Å². The minimum absolute atomic E-state index is 0.156. The average molecular weight is 277 g/mol. The maximum atomic E-state index is 6.24. The molecule has 2 aromatic rings. The van der Waals surface area contributed by atoms with E-state index in [1.165, 1.54) is 48.8 Å². The zero-order chi connectivity index (χ0) is 14.3. The van der Waals surface area contributed by atoms with Crippen LogP contribution >= 0.6 is 0 Å². The van der Waals surface area contributed by atoms with Crippen LogP contribution in [0.2, 0.25) is 0 Å². The summed E-state index contributed by atoms with van der Waals surface area (Å²) in [6, 6.07) is 16.0. The molecule has 0 amide bonds. The Kier molecular flexibility index (Phi) is 3.11. The van der Waals surface area contributed by atoms with Crippen LogP contribution in [0.15, 0.2) is 42.5 Å². The highest BCUT2D eigenvalue weighted by atomic mass is 14.6. The Morgan fingerprint density at radius 1 is 0.905 bits per heavy atom. The van der Waals surface area contributed by atoms with Gasteiger partial charge in [0.1, 0.15) is 0 Å². The van der Waals surface area contributed by atoms with Gasteiger partial charge in [-0.1, -0.05) is 42.5 Å². The molecule has 4 rings (SSSR count). The number of nitrogens with two attached hydrogens (primary N) is 1. The maximum absolute atomic E-state index is 6.24. The lowest BCUT2D eigenvalue weighted by Gasteiger charge is -2.29. The van der Waals surface area contributed by atoms with Crippen molar-refractivity contribution in [1.29, 1.82) is 0 Å². The van der Waals surface area contributed by atoms with Gasteiger partial charge in [0.25, 0.3) is 0 Å². The van der Waals surface area contributed by atoms with Crippen LogP contribution in [0.25, 0.3) is 0 Å². The van der Waals surface area contributed by atoms with Gasteiger partial charge < -0.3 is 5.73 Å². The Hall–Kier alpha value is -1.60. The molecule has 0 aromatic heterocycles. The molecule has 1 nitrogen and oxygen atoms in total. The molecule has 21 heavy (non-hydrogen) atoms. The van der Waals surface area contributed by atoms with E-state index in [9.17, 15) is 0 Å². The highest BCUT2D eigenvalue weighted by molar-refractivity contribution is 5.43. The number of fused-ring (bicyclic) bond motifs is 2.